The average molecular weight is 411 g/mol. The van der Waals surface area contributed by atoms with Crippen molar-refractivity contribution in [1.29, 1.82) is 0 Å². The van der Waals surface area contributed by atoms with E-state index in [1.165, 1.54) is 0 Å². The molecule has 1 aromatic carbocycles. The fraction of sp³-hybridized carbons (Fsp3) is 0.353. The lowest BCUT2D eigenvalue weighted by atomic mass is 10.2. The summed E-state index contributed by atoms with van der Waals surface area (Å²) < 4.78 is 18.6. The van der Waals surface area contributed by atoms with E-state index in [0.717, 1.165) is 22.9 Å². The highest BCUT2D eigenvalue weighted by Gasteiger charge is 2.20. The van der Waals surface area contributed by atoms with Crippen LogP contribution >= 0.6 is 15.9 Å². The summed E-state index contributed by atoms with van der Waals surface area (Å²) in [6.07, 6.45) is 3.41. The van der Waals surface area contributed by atoms with Crippen LogP contribution in [0.5, 0.6) is 0 Å². The third kappa shape index (κ3) is 4.55. The van der Waals surface area contributed by atoms with Gasteiger partial charge < -0.3 is 15.0 Å². The summed E-state index contributed by atoms with van der Waals surface area (Å²) in [6, 6.07) is 9.25. The Bertz CT molecular complexity index is 741. The molecule has 0 bridgehead atoms. The SMILES string of the molecule is O=C(Nc1cccc(CS(=O)C2CCOCC2)c1)c1cc(Br)c[nH]1. The Morgan fingerprint density at radius 3 is 2.83 bits per heavy atom. The van der Waals surface area contributed by atoms with E-state index in [4.69, 9.17) is 4.74 Å². The van der Waals surface area contributed by atoms with Crippen molar-refractivity contribution in [2.24, 2.45) is 0 Å². The number of hydrogen-bond donors (Lipinski definition) is 2. The largest absolute Gasteiger partial charge is 0.381 e. The molecule has 1 amide bonds. The van der Waals surface area contributed by atoms with Crippen LogP contribution in [0.15, 0.2) is 41.0 Å². The molecule has 1 unspecified atom stereocenters. The number of benzene rings is 1. The Hall–Kier alpha value is -1.44. The number of carbonyl (C=O) groups excluding carboxylic acids is 1. The third-order valence-electron chi connectivity index (χ3n) is 3.93. The summed E-state index contributed by atoms with van der Waals surface area (Å²) in [4.78, 5) is 15.1. The molecule has 7 heteroatoms. The van der Waals surface area contributed by atoms with E-state index in [2.05, 4.69) is 26.2 Å². The quantitative estimate of drug-likeness (QED) is 0.792. The first-order chi connectivity index (χ1) is 11.6. The van der Waals surface area contributed by atoms with E-state index >= 15 is 0 Å². The maximum atomic E-state index is 12.5. The molecule has 5 nitrogen and oxygen atoms in total. The first kappa shape index (κ1) is 17.4. The monoisotopic (exact) mass is 410 g/mol. The number of amides is 1. The zero-order chi connectivity index (χ0) is 16.9. The van der Waals surface area contributed by atoms with Crippen LogP contribution in [0.1, 0.15) is 28.9 Å². The molecule has 3 rings (SSSR count). The van der Waals surface area contributed by atoms with Crippen molar-refractivity contribution < 1.29 is 13.7 Å². The maximum Gasteiger partial charge on any atom is 0.272 e. The second kappa shape index (κ2) is 8.09. The third-order valence-corrected chi connectivity index (χ3v) is 6.22. The second-order valence-electron chi connectivity index (χ2n) is 5.72. The van der Waals surface area contributed by atoms with Crippen LogP contribution in [0.4, 0.5) is 5.69 Å². The number of carbonyl (C=O) groups is 1. The fourth-order valence-corrected chi connectivity index (χ4v) is 4.46. The number of hydrogen-bond acceptors (Lipinski definition) is 3. The van der Waals surface area contributed by atoms with Crippen LogP contribution in [0.3, 0.4) is 0 Å². The average Bonchev–Trinajstić information content (AvgIpc) is 3.02. The van der Waals surface area contributed by atoms with Gasteiger partial charge in [-0.05, 0) is 52.5 Å². The van der Waals surface area contributed by atoms with Crippen LogP contribution in [0, 0.1) is 0 Å². The van der Waals surface area contributed by atoms with Gasteiger partial charge in [0.2, 0.25) is 0 Å². The van der Waals surface area contributed by atoms with Crippen molar-refractivity contribution >= 4 is 38.3 Å². The summed E-state index contributed by atoms with van der Waals surface area (Å²) in [5.41, 5.74) is 2.15. The molecule has 2 N–H and O–H groups in total. The molecule has 2 heterocycles. The van der Waals surface area contributed by atoms with E-state index in [0.29, 0.717) is 30.3 Å². The molecule has 1 saturated heterocycles. The molecule has 1 aliphatic rings. The molecular formula is C17H19BrN2O3S. The minimum Gasteiger partial charge on any atom is -0.381 e. The Morgan fingerprint density at radius 1 is 1.33 bits per heavy atom. The summed E-state index contributed by atoms with van der Waals surface area (Å²) in [6.45, 7) is 1.39. The summed E-state index contributed by atoms with van der Waals surface area (Å²) in [5.74, 6) is 0.297. The number of aromatic amines is 1. The molecule has 0 radical (unpaired) electrons. The van der Waals surface area contributed by atoms with Crippen molar-refractivity contribution in [3.05, 3.63) is 52.3 Å². The van der Waals surface area contributed by atoms with E-state index in [1.54, 1.807) is 12.3 Å². The van der Waals surface area contributed by atoms with Crippen molar-refractivity contribution in [3.8, 4) is 0 Å². The van der Waals surface area contributed by atoms with E-state index < -0.39 is 10.8 Å². The topological polar surface area (TPSA) is 71.2 Å². The van der Waals surface area contributed by atoms with Crippen LogP contribution in [-0.2, 0) is 21.3 Å². The zero-order valence-electron chi connectivity index (χ0n) is 13.1. The molecular weight excluding hydrogens is 392 g/mol. The molecule has 1 aliphatic heterocycles. The summed E-state index contributed by atoms with van der Waals surface area (Å²) in [7, 11) is -0.916. The first-order valence-electron chi connectivity index (χ1n) is 7.81. The Morgan fingerprint density at radius 2 is 2.12 bits per heavy atom. The number of anilines is 1. The van der Waals surface area contributed by atoms with E-state index in [9.17, 15) is 9.00 Å². The highest BCUT2D eigenvalue weighted by molar-refractivity contribution is 9.10. The molecule has 128 valence electrons. The highest BCUT2D eigenvalue weighted by Crippen LogP contribution is 2.19. The first-order valence-corrected chi connectivity index (χ1v) is 9.98. The number of rotatable bonds is 5. The van der Waals surface area contributed by atoms with Crippen molar-refractivity contribution in [2.45, 2.75) is 23.8 Å². The van der Waals surface area contributed by atoms with Gasteiger partial charge in [-0.15, -0.1) is 0 Å². The van der Waals surface area contributed by atoms with Gasteiger partial charge in [-0.1, -0.05) is 12.1 Å². The van der Waals surface area contributed by atoms with E-state index in [1.807, 2.05) is 24.3 Å². The van der Waals surface area contributed by atoms with Crippen LogP contribution in [0.2, 0.25) is 0 Å². The minimum atomic E-state index is -0.916. The predicted octanol–water partition coefficient (Wildman–Crippen LogP) is 3.46. The normalized spacial score (nSPS) is 16.7. The van der Waals surface area contributed by atoms with Gasteiger partial charge >= 0.3 is 0 Å². The fourth-order valence-electron chi connectivity index (χ4n) is 2.66. The second-order valence-corrected chi connectivity index (χ2v) is 8.36. The number of H-pyrrole nitrogens is 1. The van der Waals surface area contributed by atoms with Gasteiger partial charge in [0.15, 0.2) is 0 Å². The van der Waals surface area contributed by atoms with Gasteiger partial charge in [0.1, 0.15) is 5.69 Å². The van der Waals surface area contributed by atoms with Gasteiger partial charge in [-0.25, -0.2) is 0 Å². The Kier molecular flexibility index (Phi) is 5.86. The number of nitrogens with one attached hydrogen (secondary N) is 2. The molecule has 24 heavy (non-hydrogen) atoms. The molecule has 0 spiro atoms. The maximum absolute atomic E-state index is 12.5. The molecule has 1 atom stereocenters. The smallest absolute Gasteiger partial charge is 0.272 e. The Balaban J connectivity index is 1.63. The minimum absolute atomic E-state index is 0.202. The number of halogens is 1. The molecule has 2 aromatic rings. The lowest BCUT2D eigenvalue weighted by Crippen LogP contribution is -2.25. The molecule has 1 fully saturated rings. The zero-order valence-corrected chi connectivity index (χ0v) is 15.5. The lowest BCUT2D eigenvalue weighted by molar-refractivity contribution is 0.0991. The van der Waals surface area contributed by atoms with Crippen LogP contribution in [-0.4, -0.2) is 33.6 Å². The lowest BCUT2D eigenvalue weighted by Gasteiger charge is -2.21. The Labute approximate surface area is 151 Å². The van der Waals surface area contributed by atoms with Crippen LogP contribution in [0.25, 0.3) is 0 Å². The molecule has 0 saturated carbocycles. The standard InChI is InChI=1S/C17H19BrN2O3S/c18-13-9-16(19-10-13)17(21)20-14-3-1-2-12(8-14)11-24(22)15-4-6-23-7-5-15/h1-3,8-10,15,19H,4-7,11H2,(H,20,21). The van der Waals surface area contributed by atoms with Crippen molar-refractivity contribution in [1.82, 2.24) is 4.98 Å². The van der Waals surface area contributed by atoms with Crippen molar-refractivity contribution in [3.63, 3.8) is 0 Å². The van der Waals surface area contributed by atoms with Gasteiger partial charge in [-0.2, -0.15) is 0 Å². The van der Waals surface area contributed by atoms with Gasteiger partial charge in [0.25, 0.3) is 5.91 Å². The summed E-state index contributed by atoms with van der Waals surface area (Å²) in [5, 5.41) is 3.06. The summed E-state index contributed by atoms with van der Waals surface area (Å²) >= 11 is 3.31. The molecule has 1 aromatic heterocycles. The van der Waals surface area contributed by atoms with Gasteiger partial charge in [-0.3, -0.25) is 9.00 Å². The van der Waals surface area contributed by atoms with E-state index in [-0.39, 0.29) is 11.2 Å². The predicted molar refractivity (Wildman–Crippen MR) is 98.6 cm³/mol. The van der Waals surface area contributed by atoms with Crippen molar-refractivity contribution in [2.75, 3.05) is 18.5 Å². The number of aromatic nitrogens is 1. The van der Waals surface area contributed by atoms with Gasteiger partial charge in [0.05, 0.1) is 0 Å². The van der Waals surface area contributed by atoms with Crippen LogP contribution < -0.4 is 5.32 Å². The number of ether oxygens (including phenoxy) is 1. The molecule has 0 aliphatic carbocycles. The highest BCUT2D eigenvalue weighted by atomic mass is 79.9. The van der Waals surface area contributed by atoms with Gasteiger partial charge in [0, 0.05) is 51.4 Å².